The standard InChI is InChI=1S/C15H20BrNO2/c1-3-15(14(18)19)7-4-8-17(15)10-12-6-5-11(2)13(16)9-12/h5-6,9H,3-4,7-8,10H2,1-2H3,(H,18,19). The number of halogens is 1. The van der Waals surface area contributed by atoms with Crippen molar-refractivity contribution < 1.29 is 9.90 Å². The van der Waals surface area contributed by atoms with Crippen molar-refractivity contribution in [3.8, 4) is 0 Å². The first kappa shape index (κ1) is 14.5. The molecule has 0 saturated carbocycles. The molecule has 1 fully saturated rings. The number of likely N-dealkylation sites (tertiary alicyclic amines) is 1. The van der Waals surface area contributed by atoms with Gasteiger partial charge >= 0.3 is 5.97 Å². The number of nitrogens with zero attached hydrogens (tertiary/aromatic N) is 1. The van der Waals surface area contributed by atoms with E-state index in [1.54, 1.807) is 0 Å². The van der Waals surface area contributed by atoms with E-state index < -0.39 is 11.5 Å². The molecule has 104 valence electrons. The number of carboxylic acids is 1. The summed E-state index contributed by atoms with van der Waals surface area (Å²) in [4.78, 5) is 13.7. The van der Waals surface area contributed by atoms with E-state index in [1.165, 1.54) is 11.1 Å². The van der Waals surface area contributed by atoms with Crippen LogP contribution in [0.4, 0.5) is 0 Å². The number of hydrogen-bond donors (Lipinski definition) is 1. The van der Waals surface area contributed by atoms with Crippen molar-refractivity contribution in [2.75, 3.05) is 6.54 Å². The maximum atomic E-state index is 11.6. The highest BCUT2D eigenvalue weighted by Gasteiger charge is 2.45. The summed E-state index contributed by atoms with van der Waals surface area (Å²) in [5.41, 5.74) is 1.70. The lowest BCUT2D eigenvalue weighted by Gasteiger charge is -2.34. The minimum absolute atomic E-state index is 0.662. The predicted molar refractivity (Wildman–Crippen MR) is 79.2 cm³/mol. The van der Waals surface area contributed by atoms with E-state index in [9.17, 15) is 9.90 Å². The van der Waals surface area contributed by atoms with Crippen LogP contribution in [-0.2, 0) is 11.3 Å². The SMILES string of the molecule is CCC1(C(=O)O)CCCN1Cc1ccc(C)c(Br)c1. The summed E-state index contributed by atoms with van der Waals surface area (Å²) in [6.07, 6.45) is 2.38. The molecule has 1 saturated heterocycles. The van der Waals surface area contributed by atoms with Crippen molar-refractivity contribution in [2.24, 2.45) is 0 Å². The largest absolute Gasteiger partial charge is 0.480 e. The van der Waals surface area contributed by atoms with Crippen LogP contribution in [0.3, 0.4) is 0 Å². The van der Waals surface area contributed by atoms with Gasteiger partial charge in [0.2, 0.25) is 0 Å². The van der Waals surface area contributed by atoms with Gasteiger partial charge < -0.3 is 5.11 Å². The maximum absolute atomic E-state index is 11.6. The Morgan fingerprint density at radius 1 is 1.53 bits per heavy atom. The van der Waals surface area contributed by atoms with E-state index in [2.05, 4.69) is 46.0 Å². The molecule has 3 nitrogen and oxygen atoms in total. The Hall–Kier alpha value is -0.870. The second kappa shape index (κ2) is 5.63. The molecule has 1 aliphatic rings. The molecular formula is C15H20BrNO2. The lowest BCUT2D eigenvalue weighted by Crippen LogP contribution is -2.49. The molecule has 1 atom stereocenters. The first-order valence-electron chi connectivity index (χ1n) is 6.73. The van der Waals surface area contributed by atoms with Crippen LogP contribution in [0.5, 0.6) is 0 Å². The summed E-state index contributed by atoms with van der Waals surface area (Å²) >= 11 is 3.54. The number of hydrogen-bond acceptors (Lipinski definition) is 2. The Bertz CT molecular complexity index is 489. The fourth-order valence-corrected chi connectivity index (χ4v) is 3.34. The molecule has 19 heavy (non-hydrogen) atoms. The first-order chi connectivity index (χ1) is 8.99. The number of rotatable bonds is 4. The van der Waals surface area contributed by atoms with Crippen molar-refractivity contribution in [1.29, 1.82) is 0 Å². The number of benzene rings is 1. The van der Waals surface area contributed by atoms with E-state index in [0.29, 0.717) is 13.0 Å². The highest BCUT2D eigenvalue weighted by atomic mass is 79.9. The number of carbonyl (C=O) groups is 1. The molecule has 0 aromatic heterocycles. The molecule has 4 heteroatoms. The molecule has 0 spiro atoms. The number of aliphatic carboxylic acids is 1. The predicted octanol–water partition coefficient (Wildman–Crippen LogP) is 3.59. The normalized spacial score (nSPS) is 23.7. The topological polar surface area (TPSA) is 40.5 Å². The number of carboxylic acid groups (broad SMARTS) is 1. The second-order valence-electron chi connectivity index (χ2n) is 5.30. The van der Waals surface area contributed by atoms with Crippen LogP contribution >= 0.6 is 15.9 Å². The molecule has 1 N–H and O–H groups in total. The molecule has 0 bridgehead atoms. The third-order valence-corrected chi connectivity index (χ3v) is 5.07. The second-order valence-corrected chi connectivity index (χ2v) is 6.15. The zero-order valence-corrected chi connectivity index (χ0v) is 13.0. The Morgan fingerprint density at radius 2 is 2.26 bits per heavy atom. The molecule has 1 aliphatic heterocycles. The lowest BCUT2D eigenvalue weighted by atomic mass is 9.92. The first-order valence-corrected chi connectivity index (χ1v) is 7.52. The Labute approximate surface area is 122 Å². The van der Waals surface area contributed by atoms with Crippen LogP contribution in [0, 0.1) is 6.92 Å². The van der Waals surface area contributed by atoms with Crippen LogP contribution in [-0.4, -0.2) is 28.1 Å². The van der Waals surface area contributed by atoms with Crippen molar-refractivity contribution in [1.82, 2.24) is 4.90 Å². The van der Waals surface area contributed by atoms with Gasteiger partial charge in [0.15, 0.2) is 0 Å². The lowest BCUT2D eigenvalue weighted by molar-refractivity contribution is -0.150. The minimum atomic E-state index is -0.682. The monoisotopic (exact) mass is 325 g/mol. The third kappa shape index (κ3) is 2.70. The summed E-state index contributed by atoms with van der Waals surface area (Å²) in [6, 6.07) is 6.25. The number of aryl methyl sites for hydroxylation is 1. The summed E-state index contributed by atoms with van der Waals surface area (Å²) < 4.78 is 1.08. The molecule has 2 rings (SSSR count). The van der Waals surface area contributed by atoms with Gasteiger partial charge in [-0.15, -0.1) is 0 Å². The molecule has 1 unspecified atom stereocenters. The Morgan fingerprint density at radius 3 is 2.84 bits per heavy atom. The van der Waals surface area contributed by atoms with E-state index in [4.69, 9.17) is 0 Å². The van der Waals surface area contributed by atoms with Gasteiger partial charge in [0.25, 0.3) is 0 Å². The minimum Gasteiger partial charge on any atom is -0.480 e. The summed E-state index contributed by atoms with van der Waals surface area (Å²) in [6.45, 7) is 5.60. The van der Waals surface area contributed by atoms with Gasteiger partial charge in [-0.1, -0.05) is 35.0 Å². The smallest absolute Gasteiger partial charge is 0.324 e. The van der Waals surface area contributed by atoms with Crippen LogP contribution < -0.4 is 0 Å². The fourth-order valence-electron chi connectivity index (χ4n) is 2.91. The maximum Gasteiger partial charge on any atom is 0.324 e. The van der Waals surface area contributed by atoms with Gasteiger partial charge in [-0.05, 0) is 49.9 Å². The average Bonchev–Trinajstić information content (AvgIpc) is 2.78. The third-order valence-electron chi connectivity index (χ3n) is 4.22. The molecule has 1 heterocycles. The van der Waals surface area contributed by atoms with Crippen LogP contribution in [0.15, 0.2) is 22.7 Å². The highest BCUT2D eigenvalue weighted by molar-refractivity contribution is 9.10. The van der Waals surface area contributed by atoms with Crippen molar-refractivity contribution in [3.05, 3.63) is 33.8 Å². The van der Waals surface area contributed by atoms with Crippen molar-refractivity contribution in [2.45, 2.75) is 45.2 Å². The summed E-state index contributed by atoms with van der Waals surface area (Å²) in [5, 5.41) is 9.56. The molecule has 0 radical (unpaired) electrons. The van der Waals surface area contributed by atoms with Gasteiger partial charge in [0.05, 0.1) is 0 Å². The molecule has 1 aromatic carbocycles. The molecule has 0 amide bonds. The molecule has 1 aromatic rings. The molecule has 0 aliphatic carbocycles. The zero-order chi connectivity index (χ0) is 14.0. The van der Waals surface area contributed by atoms with Gasteiger partial charge in [-0.25, -0.2) is 0 Å². The average molecular weight is 326 g/mol. The van der Waals surface area contributed by atoms with E-state index in [1.807, 2.05) is 6.92 Å². The van der Waals surface area contributed by atoms with Crippen molar-refractivity contribution >= 4 is 21.9 Å². The quantitative estimate of drug-likeness (QED) is 0.919. The van der Waals surface area contributed by atoms with E-state index >= 15 is 0 Å². The Kier molecular flexibility index (Phi) is 4.31. The summed E-state index contributed by atoms with van der Waals surface area (Å²) in [5.74, 6) is -0.682. The van der Waals surface area contributed by atoms with E-state index in [-0.39, 0.29) is 0 Å². The van der Waals surface area contributed by atoms with Gasteiger partial charge in [-0.3, -0.25) is 9.69 Å². The van der Waals surface area contributed by atoms with Crippen LogP contribution in [0.25, 0.3) is 0 Å². The van der Waals surface area contributed by atoms with E-state index in [0.717, 1.165) is 23.9 Å². The van der Waals surface area contributed by atoms with Crippen molar-refractivity contribution in [3.63, 3.8) is 0 Å². The molecular weight excluding hydrogens is 306 g/mol. The van der Waals surface area contributed by atoms with Crippen LogP contribution in [0.1, 0.15) is 37.3 Å². The van der Waals surface area contributed by atoms with Crippen LogP contribution in [0.2, 0.25) is 0 Å². The summed E-state index contributed by atoms with van der Waals surface area (Å²) in [7, 11) is 0. The fraction of sp³-hybridized carbons (Fsp3) is 0.533. The zero-order valence-electron chi connectivity index (χ0n) is 11.4. The van der Waals surface area contributed by atoms with Gasteiger partial charge in [-0.2, -0.15) is 0 Å². The van der Waals surface area contributed by atoms with Gasteiger partial charge in [0.1, 0.15) is 5.54 Å². The van der Waals surface area contributed by atoms with Gasteiger partial charge in [0, 0.05) is 11.0 Å². The Balaban J connectivity index is 2.21. The highest BCUT2D eigenvalue weighted by Crippen LogP contribution is 2.34.